The quantitative estimate of drug-likeness (QED) is 0.390. The minimum Gasteiger partial charge on any atom is -0.320 e. The number of pyridine rings is 1. The molecule has 1 N–H and O–H groups in total. The lowest BCUT2D eigenvalue weighted by molar-refractivity contribution is -0.384. The molecule has 0 saturated carbocycles. The van der Waals surface area contributed by atoms with Crippen LogP contribution < -0.4 is 5.32 Å². The summed E-state index contributed by atoms with van der Waals surface area (Å²) < 4.78 is 26.8. The number of carbonyl (C=O) groups is 1. The van der Waals surface area contributed by atoms with E-state index in [0.717, 1.165) is 36.6 Å². The highest BCUT2D eigenvalue weighted by atomic mass is 32.2. The van der Waals surface area contributed by atoms with Crippen molar-refractivity contribution in [3.8, 4) is 0 Å². The van der Waals surface area contributed by atoms with Crippen molar-refractivity contribution < 1.29 is 18.1 Å². The first-order valence-electron chi connectivity index (χ1n) is 9.41. The van der Waals surface area contributed by atoms with Gasteiger partial charge in [0.05, 0.1) is 15.7 Å². The molecule has 1 fully saturated rings. The topological polar surface area (TPSA) is 123 Å². The molecule has 1 amide bonds. The molecular formula is C19H22N4O5S2. The van der Waals surface area contributed by atoms with Crippen molar-refractivity contribution in [3.63, 3.8) is 0 Å². The van der Waals surface area contributed by atoms with Crippen molar-refractivity contribution in [3.05, 3.63) is 52.2 Å². The maximum atomic E-state index is 12.6. The summed E-state index contributed by atoms with van der Waals surface area (Å²) in [4.78, 5) is 27.1. The lowest BCUT2D eigenvalue weighted by atomic mass is 10.2. The minimum atomic E-state index is -3.55. The molecule has 2 aromatic rings. The first kappa shape index (κ1) is 22.2. The van der Waals surface area contributed by atoms with Crippen LogP contribution in [0.4, 0.5) is 11.4 Å². The van der Waals surface area contributed by atoms with Gasteiger partial charge < -0.3 is 5.32 Å². The molecule has 1 saturated heterocycles. The molecule has 0 aliphatic carbocycles. The third-order valence-electron chi connectivity index (χ3n) is 4.64. The molecule has 160 valence electrons. The number of benzene rings is 1. The van der Waals surface area contributed by atoms with Gasteiger partial charge in [-0.25, -0.2) is 13.4 Å². The number of nitro benzene ring substituents is 1. The first-order chi connectivity index (χ1) is 14.3. The van der Waals surface area contributed by atoms with Crippen molar-refractivity contribution in [1.29, 1.82) is 0 Å². The summed E-state index contributed by atoms with van der Waals surface area (Å²) in [6.07, 6.45) is 4.05. The van der Waals surface area contributed by atoms with Gasteiger partial charge in [-0.3, -0.25) is 14.9 Å². The number of sulfonamides is 1. The van der Waals surface area contributed by atoms with Gasteiger partial charge in [-0.15, -0.1) is 0 Å². The molecule has 0 spiro atoms. The van der Waals surface area contributed by atoms with Crippen LogP contribution in [0.2, 0.25) is 0 Å². The van der Waals surface area contributed by atoms with Crippen LogP contribution in [0, 0.1) is 17.0 Å². The summed E-state index contributed by atoms with van der Waals surface area (Å²) in [5.74, 6) is -0.435. The largest absolute Gasteiger partial charge is 0.320 e. The third-order valence-corrected chi connectivity index (χ3v) is 7.46. The van der Waals surface area contributed by atoms with Crippen LogP contribution in [0.5, 0.6) is 0 Å². The lowest BCUT2D eigenvalue weighted by Gasteiger charge is -2.25. The maximum Gasteiger partial charge on any atom is 0.293 e. The SMILES string of the molecule is Cc1ccc(NC(=O)CSc2ccc(S(=O)(=O)N3CCCCC3)cn2)c([N+](=O)[O-])c1. The van der Waals surface area contributed by atoms with Crippen LogP contribution in [0.15, 0.2) is 46.5 Å². The molecule has 0 unspecified atom stereocenters. The zero-order valence-electron chi connectivity index (χ0n) is 16.4. The zero-order chi connectivity index (χ0) is 21.7. The molecule has 11 heteroatoms. The van der Waals surface area contributed by atoms with Gasteiger partial charge in [-0.2, -0.15) is 4.31 Å². The number of nitro groups is 1. The van der Waals surface area contributed by atoms with Crippen molar-refractivity contribution in [2.75, 3.05) is 24.2 Å². The Bertz CT molecular complexity index is 1040. The van der Waals surface area contributed by atoms with Crippen LogP contribution in [0.3, 0.4) is 0 Å². The Morgan fingerprint density at radius 2 is 1.97 bits per heavy atom. The second-order valence-corrected chi connectivity index (χ2v) is 9.85. The van der Waals surface area contributed by atoms with Crippen LogP contribution in [0.25, 0.3) is 0 Å². The normalized spacial score (nSPS) is 15.0. The van der Waals surface area contributed by atoms with Gasteiger partial charge in [0, 0.05) is 25.4 Å². The number of anilines is 1. The molecule has 1 aromatic carbocycles. The number of amides is 1. The molecule has 2 heterocycles. The summed E-state index contributed by atoms with van der Waals surface area (Å²) in [6, 6.07) is 7.62. The monoisotopic (exact) mass is 450 g/mol. The second-order valence-electron chi connectivity index (χ2n) is 6.91. The van der Waals surface area contributed by atoms with Gasteiger partial charge in [-0.05, 0) is 43.5 Å². The smallest absolute Gasteiger partial charge is 0.293 e. The Balaban J connectivity index is 1.60. The second kappa shape index (κ2) is 9.54. The Morgan fingerprint density at radius 1 is 1.23 bits per heavy atom. The van der Waals surface area contributed by atoms with Crippen molar-refractivity contribution in [2.45, 2.75) is 36.1 Å². The predicted molar refractivity (Wildman–Crippen MR) is 114 cm³/mol. The standard InChI is InChI=1S/C19H22N4O5S2/c1-14-5-7-16(17(11-14)23(25)26)21-18(24)13-29-19-8-6-15(12-20-19)30(27,28)22-9-3-2-4-10-22/h5-8,11-12H,2-4,9-10,13H2,1H3,(H,21,24). The van der Waals surface area contributed by atoms with Gasteiger partial charge in [0.15, 0.2) is 0 Å². The summed E-state index contributed by atoms with van der Waals surface area (Å²) >= 11 is 1.12. The van der Waals surface area contributed by atoms with Gasteiger partial charge in [0.1, 0.15) is 10.6 Å². The van der Waals surface area contributed by atoms with Crippen LogP contribution in [-0.4, -0.2) is 47.4 Å². The van der Waals surface area contributed by atoms with E-state index in [4.69, 9.17) is 0 Å². The van der Waals surface area contributed by atoms with Crippen LogP contribution in [0.1, 0.15) is 24.8 Å². The number of thioether (sulfide) groups is 1. The van der Waals surface area contributed by atoms with E-state index in [1.165, 1.54) is 28.7 Å². The zero-order valence-corrected chi connectivity index (χ0v) is 18.0. The summed E-state index contributed by atoms with van der Waals surface area (Å²) in [6.45, 7) is 2.77. The summed E-state index contributed by atoms with van der Waals surface area (Å²) in [5.41, 5.74) is 0.684. The van der Waals surface area contributed by atoms with E-state index in [-0.39, 0.29) is 22.0 Å². The number of hydrogen-bond donors (Lipinski definition) is 1. The van der Waals surface area contributed by atoms with Gasteiger partial charge in [0.25, 0.3) is 5.69 Å². The average Bonchev–Trinajstić information content (AvgIpc) is 2.74. The minimum absolute atomic E-state index is 0.0176. The molecule has 30 heavy (non-hydrogen) atoms. The highest BCUT2D eigenvalue weighted by molar-refractivity contribution is 7.99. The molecule has 3 rings (SSSR count). The van der Waals surface area contributed by atoms with Crippen molar-refractivity contribution in [1.82, 2.24) is 9.29 Å². The highest BCUT2D eigenvalue weighted by Gasteiger charge is 2.26. The van der Waals surface area contributed by atoms with Gasteiger partial charge in [0.2, 0.25) is 15.9 Å². The van der Waals surface area contributed by atoms with E-state index in [1.807, 2.05) is 0 Å². The Morgan fingerprint density at radius 3 is 2.60 bits per heavy atom. The maximum absolute atomic E-state index is 12.6. The molecule has 1 aromatic heterocycles. The van der Waals surface area contributed by atoms with Crippen molar-refractivity contribution in [2.24, 2.45) is 0 Å². The fraction of sp³-hybridized carbons (Fsp3) is 0.368. The molecule has 1 aliphatic heterocycles. The van der Waals surface area contributed by atoms with E-state index in [1.54, 1.807) is 19.1 Å². The number of aromatic nitrogens is 1. The fourth-order valence-corrected chi connectivity index (χ4v) is 5.19. The number of rotatable bonds is 7. The number of carbonyl (C=O) groups excluding carboxylic acids is 1. The molecular weight excluding hydrogens is 428 g/mol. The van der Waals surface area contributed by atoms with Gasteiger partial charge >= 0.3 is 0 Å². The summed E-state index contributed by atoms with van der Waals surface area (Å²) in [5, 5.41) is 14.2. The third kappa shape index (κ3) is 5.35. The number of piperidine rings is 1. The number of hydrogen-bond acceptors (Lipinski definition) is 7. The Hall–Kier alpha value is -2.50. The van der Waals surface area contributed by atoms with E-state index < -0.39 is 20.9 Å². The van der Waals surface area contributed by atoms with E-state index >= 15 is 0 Å². The Labute approximate surface area is 179 Å². The number of nitrogens with zero attached hydrogens (tertiary/aromatic N) is 3. The first-order valence-corrected chi connectivity index (χ1v) is 11.8. The van der Waals surface area contributed by atoms with Crippen molar-refractivity contribution >= 4 is 39.1 Å². The Kier molecular flexibility index (Phi) is 7.06. The van der Waals surface area contributed by atoms with Crippen LogP contribution in [-0.2, 0) is 14.8 Å². The molecule has 1 aliphatic rings. The number of aryl methyl sites for hydroxylation is 1. The lowest BCUT2D eigenvalue weighted by Crippen LogP contribution is -2.35. The van der Waals surface area contributed by atoms with E-state index in [2.05, 4.69) is 10.3 Å². The van der Waals surface area contributed by atoms with E-state index in [0.29, 0.717) is 18.1 Å². The van der Waals surface area contributed by atoms with Crippen LogP contribution >= 0.6 is 11.8 Å². The number of nitrogens with one attached hydrogen (secondary N) is 1. The highest BCUT2D eigenvalue weighted by Crippen LogP contribution is 2.26. The molecule has 0 bridgehead atoms. The molecule has 0 atom stereocenters. The molecule has 0 radical (unpaired) electrons. The van der Waals surface area contributed by atoms with E-state index in [9.17, 15) is 23.3 Å². The van der Waals surface area contributed by atoms with Gasteiger partial charge in [-0.1, -0.05) is 24.2 Å². The average molecular weight is 451 g/mol. The predicted octanol–water partition coefficient (Wildman–Crippen LogP) is 3.20. The summed E-state index contributed by atoms with van der Waals surface area (Å²) in [7, 11) is -3.55. The molecule has 9 nitrogen and oxygen atoms in total. The fourth-order valence-electron chi connectivity index (χ4n) is 3.08.